The topological polar surface area (TPSA) is 104 Å². The molecular formula is C17H21N5O3. The van der Waals surface area contributed by atoms with Crippen LogP contribution >= 0.6 is 0 Å². The first-order valence-corrected chi connectivity index (χ1v) is 8.74. The van der Waals surface area contributed by atoms with Gasteiger partial charge in [-0.3, -0.25) is 19.8 Å². The Morgan fingerprint density at radius 1 is 1.32 bits per heavy atom. The molecule has 0 spiro atoms. The van der Waals surface area contributed by atoms with Gasteiger partial charge in [0.2, 0.25) is 5.91 Å². The molecule has 2 N–H and O–H groups in total. The Bertz CT molecular complexity index is 806. The van der Waals surface area contributed by atoms with Crippen LogP contribution in [0.3, 0.4) is 0 Å². The summed E-state index contributed by atoms with van der Waals surface area (Å²) in [6, 6.07) is 4.95. The van der Waals surface area contributed by atoms with Crippen LogP contribution in [0, 0.1) is 16.0 Å². The third-order valence-corrected chi connectivity index (χ3v) is 4.98. The predicted octanol–water partition coefficient (Wildman–Crippen LogP) is 1.96. The molecule has 1 aliphatic heterocycles. The lowest BCUT2D eigenvalue weighted by molar-refractivity contribution is -0.384. The van der Waals surface area contributed by atoms with Gasteiger partial charge < -0.3 is 10.3 Å². The SMILES string of the molecule is O=C(NC1CCN(Cc2nc3ccc([N+](=O)[O-])cc3[nH]2)CC1)C1CC1. The van der Waals surface area contributed by atoms with Crippen molar-refractivity contribution in [2.75, 3.05) is 13.1 Å². The van der Waals surface area contributed by atoms with Gasteiger partial charge in [0, 0.05) is 37.2 Å². The molecule has 0 unspecified atom stereocenters. The van der Waals surface area contributed by atoms with Crippen molar-refractivity contribution in [3.8, 4) is 0 Å². The molecule has 132 valence electrons. The molecule has 8 heteroatoms. The first kappa shape index (κ1) is 16.0. The number of nitrogens with zero attached hydrogens (tertiary/aromatic N) is 3. The number of carbonyl (C=O) groups excluding carboxylic acids is 1. The predicted molar refractivity (Wildman–Crippen MR) is 91.9 cm³/mol. The van der Waals surface area contributed by atoms with Crippen molar-refractivity contribution in [2.24, 2.45) is 5.92 Å². The van der Waals surface area contributed by atoms with E-state index in [1.54, 1.807) is 6.07 Å². The Labute approximate surface area is 144 Å². The van der Waals surface area contributed by atoms with Gasteiger partial charge in [0.25, 0.3) is 5.69 Å². The van der Waals surface area contributed by atoms with Gasteiger partial charge in [-0.25, -0.2) is 4.98 Å². The monoisotopic (exact) mass is 343 g/mol. The lowest BCUT2D eigenvalue weighted by Crippen LogP contribution is -2.44. The molecule has 1 aromatic carbocycles. The van der Waals surface area contributed by atoms with E-state index in [1.807, 2.05) is 0 Å². The van der Waals surface area contributed by atoms with Gasteiger partial charge in [-0.15, -0.1) is 0 Å². The van der Waals surface area contributed by atoms with Crippen LogP contribution in [0.1, 0.15) is 31.5 Å². The molecule has 25 heavy (non-hydrogen) atoms. The number of nitro benzene ring substituents is 1. The van der Waals surface area contributed by atoms with Crippen LogP contribution in [0.4, 0.5) is 5.69 Å². The Morgan fingerprint density at radius 2 is 2.08 bits per heavy atom. The molecule has 1 amide bonds. The number of H-pyrrole nitrogens is 1. The smallest absolute Gasteiger partial charge is 0.271 e. The minimum Gasteiger partial charge on any atom is -0.353 e. The number of nitrogens with one attached hydrogen (secondary N) is 2. The quantitative estimate of drug-likeness (QED) is 0.638. The van der Waals surface area contributed by atoms with Crippen LogP contribution in [-0.4, -0.2) is 44.8 Å². The van der Waals surface area contributed by atoms with E-state index in [-0.39, 0.29) is 23.6 Å². The van der Waals surface area contributed by atoms with Gasteiger partial charge in [0.1, 0.15) is 5.82 Å². The number of aromatic nitrogens is 2. The van der Waals surface area contributed by atoms with Gasteiger partial charge in [-0.2, -0.15) is 0 Å². The molecular weight excluding hydrogens is 322 g/mol. The standard InChI is InChI=1S/C17H21N5O3/c23-17(11-1-2-11)18-12-5-7-21(8-6-12)10-16-19-14-4-3-13(22(24)25)9-15(14)20-16/h3-4,9,11-12H,1-2,5-8,10H2,(H,18,23)(H,19,20). The van der Waals surface area contributed by atoms with Gasteiger partial charge in [0.05, 0.1) is 22.5 Å². The number of imidazole rings is 1. The highest BCUT2D eigenvalue weighted by Crippen LogP contribution is 2.29. The van der Waals surface area contributed by atoms with Gasteiger partial charge in [-0.1, -0.05) is 0 Å². The summed E-state index contributed by atoms with van der Waals surface area (Å²) in [5.41, 5.74) is 1.50. The largest absolute Gasteiger partial charge is 0.353 e. The van der Waals surface area contributed by atoms with E-state index in [9.17, 15) is 14.9 Å². The Morgan fingerprint density at radius 3 is 2.76 bits per heavy atom. The average molecular weight is 343 g/mol. The number of likely N-dealkylation sites (tertiary alicyclic amines) is 1. The maximum atomic E-state index is 11.8. The Hall–Kier alpha value is -2.48. The van der Waals surface area contributed by atoms with E-state index in [4.69, 9.17) is 0 Å². The van der Waals surface area contributed by atoms with Crippen LogP contribution in [0.15, 0.2) is 18.2 Å². The van der Waals surface area contributed by atoms with Crippen molar-refractivity contribution in [3.05, 3.63) is 34.1 Å². The summed E-state index contributed by atoms with van der Waals surface area (Å²) < 4.78 is 0. The summed E-state index contributed by atoms with van der Waals surface area (Å²) in [4.78, 5) is 32.3. The summed E-state index contributed by atoms with van der Waals surface area (Å²) in [6.45, 7) is 2.51. The van der Waals surface area contributed by atoms with Crippen LogP contribution in [0.5, 0.6) is 0 Å². The highest BCUT2D eigenvalue weighted by Gasteiger charge is 2.31. The van der Waals surface area contributed by atoms with Crippen molar-refractivity contribution >= 4 is 22.6 Å². The second kappa shape index (κ2) is 6.44. The van der Waals surface area contributed by atoms with E-state index in [1.165, 1.54) is 12.1 Å². The first-order chi connectivity index (χ1) is 12.1. The van der Waals surface area contributed by atoms with E-state index < -0.39 is 4.92 Å². The van der Waals surface area contributed by atoms with E-state index in [0.29, 0.717) is 12.1 Å². The summed E-state index contributed by atoms with van der Waals surface area (Å²) in [5, 5.41) is 14.0. The van der Waals surface area contributed by atoms with Gasteiger partial charge in [0.15, 0.2) is 0 Å². The molecule has 1 saturated carbocycles. The zero-order valence-electron chi connectivity index (χ0n) is 13.9. The number of hydrogen-bond donors (Lipinski definition) is 2. The van der Waals surface area contributed by atoms with Crippen molar-refractivity contribution in [1.29, 1.82) is 0 Å². The molecule has 4 rings (SSSR count). The molecule has 1 aromatic heterocycles. The van der Waals surface area contributed by atoms with Crippen LogP contribution in [0.2, 0.25) is 0 Å². The number of rotatable bonds is 5. The third kappa shape index (κ3) is 3.63. The highest BCUT2D eigenvalue weighted by molar-refractivity contribution is 5.81. The summed E-state index contributed by atoms with van der Waals surface area (Å²) >= 11 is 0. The summed E-state index contributed by atoms with van der Waals surface area (Å²) in [6.07, 6.45) is 3.97. The number of non-ortho nitro benzene ring substituents is 1. The Kier molecular flexibility index (Phi) is 4.12. The fraction of sp³-hybridized carbons (Fsp3) is 0.529. The van der Waals surface area contributed by atoms with Crippen LogP contribution in [0.25, 0.3) is 11.0 Å². The zero-order valence-corrected chi connectivity index (χ0v) is 13.9. The molecule has 8 nitrogen and oxygen atoms in total. The number of fused-ring (bicyclic) bond motifs is 1. The fourth-order valence-electron chi connectivity index (χ4n) is 3.35. The molecule has 2 aromatic rings. The molecule has 0 bridgehead atoms. The third-order valence-electron chi connectivity index (χ3n) is 4.98. The fourth-order valence-corrected chi connectivity index (χ4v) is 3.35. The van der Waals surface area contributed by atoms with E-state index in [2.05, 4.69) is 20.2 Å². The van der Waals surface area contributed by atoms with Crippen molar-refractivity contribution in [3.63, 3.8) is 0 Å². The van der Waals surface area contributed by atoms with Gasteiger partial charge in [-0.05, 0) is 31.7 Å². The second-order valence-corrected chi connectivity index (χ2v) is 6.98. The van der Waals surface area contributed by atoms with E-state index in [0.717, 1.165) is 50.1 Å². The van der Waals surface area contributed by atoms with E-state index >= 15 is 0 Å². The first-order valence-electron chi connectivity index (χ1n) is 8.74. The second-order valence-electron chi connectivity index (χ2n) is 6.98. The normalized spacial score (nSPS) is 19.2. The lowest BCUT2D eigenvalue weighted by atomic mass is 10.0. The molecule has 0 radical (unpaired) electrons. The molecule has 1 saturated heterocycles. The summed E-state index contributed by atoms with van der Waals surface area (Å²) in [5.74, 6) is 1.30. The van der Waals surface area contributed by atoms with Crippen molar-refractivity contribution in [1.82, 2.24) is 20.2 Å². The van der Waals surface area contributed by atoms with Crippen LogP contribution in [-0.2, 0) is 11.3 Å². The molecule has 2 heterocycles. The molecule has 2 aliphatic rings. The highest BCUT2D eigenvalue weighted by atomic mass is 16.6. The lowest BCUT2D eigenvalue weighted by Gasteiger charge is -2.31. The minimum atomic E-state index is -0.402. The van der Waals surface area contributed by atoms with Crippen molar-refractivity contribution in [2.45, 2.75) is 38.3 Å². The molecule has 2 fully saturated rings. The number of hydrogen-bond acceptors (Lipinski definition) is 5. The van der Waals surface area contributed by atoms with Crippen LogP contribution < -0.4 is 5.32 Å². The molecule has 1 aliphatic carbocycles. The number of nitro groups is 1. The average Bonchev–Trinajstić information content (AvgIpc) is 3.36. The number of amides is 1. The minimum absolute atomic E-state index is 0.0647. The van der Waals surface area contributed by atoms with Crippen molar-refractivity contribution < 1.29 is 9.72 Å². The number of piperidine rings is 1. The maximum absolute atomic E-state index is 11.8. The summed E-state index contributed by atoms with van der Waals surface area (Å²) in [7, 11) is 0. The van der Waals surface area contributed by atoms with Gasteiger partial charge >= 0.3 is 0 Å². The zero-order chi connectivity index (χ0) is 17.4. The Balaban J connectivity index is 1.34. The maximum Gasteiger partial charge on any atom is 0.271 e. The number of carbonyl (C=O) groups is 1. The number of benzene rings is 1. The molecule has 0 atom stereocenters. The number of aromatic amines is 1.